The van der Waals surface area contributed by atoms with Crippen molar-refractivity contribution in [1.29, 1.82) is 0 Å². The average Bonchev–Trinajstić information content (AvgIpc) is 2.75. The monoisotopic (exact) mass is 468 g/mol. The number of nitrogens with two attached hydrogens (primary N) is 1. The van der Waals surface area contributed by atoms with E-state index >= 15 is 0 Å². The zero-order chi connectivity index (χ0) is 24.1. The van der Waals surface area contributed by atoms with Crippen LogP contribution in [0, 0.1) is 0 Å². The fraction of sp³-hybridized carbons (Fsp3) is 0.450. The van der Waals surface area contributed by atoms with Gasteiger partial charge in [0.05, 0.1) is 19.0 Å². The Hall–Kier alpha value is -3.12. The molecular formula is C20H28N4O7S. The van der Waals surface area contributed by atoms with E-state index in [4.69, 9.17) is 10.8 Å². The van der Waals surface area contributed by atoms with E-state index in [9.17, 15) is 29.1 Å². The summed E-state index contributed by atoms with van der Waals surface area (Å²) in [5.41, 5.74) is 6.35. The smallest absolute Gasteiger partial charge is 0.326 e. The Kier molecular flexibility index (Phi) is 11.8. The molecule has 0 aliphatic carbocycles. The Morgan fingerprint density at radius 2 is 1.66 bits per heavy atom. The molecule has 0 radical (unpaired) electrons. The maximum absolute atomic E-state index is 12.5. The SMILES string of the molecule is CSCCC(N)C(=O)NCC(=O)NC(CC(=O)O)C(=O)NC(Cc1ccccc1)C(=O)O. The van der Waals surface area contributed by atoms with Crippen LogP contribution in [0.2, 0.25) is 0 Å². The molecule has 0 fully saturated rings. The van der Waals surface area contributed by atoms with Crippen LogP contribution in [0.1, 0.15) is 18.4 Å². The standard InChI is InChI=1S/C20H28N4O7S/c1-32-8-7-13(21)18(28)22-11-16(25)23-14(10-17(26)27)19(29)24-15(20(30)31)9-12-5-3-2-4-6-12/h2-6,13-15H,7-11,21H2,1H3,(H,22,28)(H,23,25)(H,24,29)(H,26,27)(H,30,31). The molecule has 1 aromatic carbocycles. The maximum Gasteiger partial charge on any atom is 0.326 e. The summed E-state index contributed by atoms with van der Waals surface area (Å²) in [6, 6.07) is 4.89. The van der Waals surface area contributed by atoms with Crippen molar-refractivity contribution in [1.82, 2.24) is 16.0 Å². The van der Waals surface area contributed by atoms with Crippen molar-refractivity contribution in [2.75, 3.05) is 18.6 Å². The number of amides is 3. The molecule has 3 unspecified atom stereocenters. The molecule has 0 heterocycles. The van der Waals surface area contributed by atoms with Crippen molar-refractivity contribution in [2.24, 2.45) is 5.73 Å². The summed E-state index contributed by atoms with van der Waals surface area (Å²) in [6.45, 7) is -0.512. The first-order chi connectivity index (χ1) is 15.1. The van der Waals surface area contributed by atoms with E-state index in [-0.39, 0.29) is 6.42 Å². The first kappa shape index (κ1) is 26.9. The predicted molar refractivity (Wildman–Crippen MR) is 118 cm³/mol. The Morgan fingerprint density at radius 1 is 1.00 bits per heavy atom. The second-order valence-electron chi connectivity index (χ2n) is 6.91. The van der Waals surface area contributed by atoms with Crippen molar-refractivity contribution >= 4 is 41.4 Å². The van der Waals surface area contributed by atoms with E-state index in [1.807, 2.05) is 6.26 Å². The largest absolute Gasteiger partial charge is 0.481 e. The molecule has 32 heavy (non-hydrogen) atoms. The lowest BCUT2D eigenvalue weighted by atomic mass is 10.1. The number of carbonyl (C=O) groups excluding carboxylic acids is 3. The molecule has 1 aromatic rings. The number of nitrogens with one attached hydrogen (secondary N) is 3. The highest BCUT2D eigenvalue weighted by atomic mass is 32.2. The second kappa shape index (κ2) is 14.0. The van der Waals surface area contributed by atoms with E-state index < -0.39 is 60.8 Å². The summed E-state index contributed by atoms with van der Waals surface area (Å²) in [7, 11) is 0. The quantitative estimate of drug-likeness (QED) is 0.198. The maximum atomic E-state index is 12.5. The third-order valence-corrected chi connectivity index (χ3v) is 4.96. The van der Waals surface area contributed by atoms with Gasteiger partial charge in [0, 0.05) is 6.42 Å². The van der Waals surface area contributed by atoms with Crippen molar-refractivity contribution in [2.45, 2.75) is 37.4 Å². The molecular weight excluding hydrogens is 440 g/mol. The van der Waals surface area contributed by atoms with Gasteiger partial charge in [-0.3, -0.25) is 19.2 Å². The number of aliphatic carboxylic acids is 2. The van der Waals surface area contributed by atoms with E-state index in [2.05, 4.69) is 16.0 Å². The number of carboxylic acid groups (broad SMARTS) is 2. The molecule has 11 nitrogen and oxygen atoms in total. The summed E-state index contributed by atoms with van der Waals surface area (Å²) in [5, 5.41) is 25.3. The van der Waals surface area contributed by atoms with E-state index in [1.54, 1.807) is 30.3 Å². The minimum Gasteiger partial charge on any atom is -0.481 e. The molecule has 12 heteroatoms. The molecule has 176 valence electrons. The fourth-order valence-electron chi connectivity index (χ4n) is 2.63. The van der Waals surface area contributed by atoms with Crippen LogP contribution in [0.5, 0.6) is 0 Å². The van der Waals surface area contributed by atoms with Crippen LogP contribution in [0.15, 0.2) is 30.3 Å². The minimum absolute atomic E-state index is 0.0281. The molecule has 0 bridgehead atoms. The van der Waals surface area contributed by atoms with Crippen LogP contribution in [0.25, 0.3) is 0 Å². The highest BCUT2D eigenvalue weighted by Gasteiger charge is 2.28. The van der Waals surface area contributed by atoms with Gasteiger partial charge in [-0.25, -0.2) is 4.79 Å². The lowest BCUT2D eigenvalue weighted by molar-refractivity contribution is -0.143. The van der Waals surface area contributed by atoms with Crippen LogP contribution >= 0.6 is 11.8 Å². The summed E-state index contributed by atoms with van der Waals surface area (Å²) in [5.74, 6) is -4.35. The number of rotatable bonds is 14. The van der Waals surface area contributed by atoms with Gasteiger partial charge in [-0.1, -0.05) is 30.3 Å². The van der Waals surface area contributed by atoms with E-state index in [0.29, 0.717) is 17.7 Å². The van der Waals surface area contributed by atoms with Crippen LogP contribution in [0.4, 0.5) is 0 Å². The molecule has 0 saturated carbocycles. The number of hydrogen-bond donors (Lipinski definition) is 6. The number of carbonyl (C=O) groups is 5. The van der Waals surface area contributed by atoms with Crippen LogP contribution in [0.3, 0.4) is 0 Å². The molecule has 3 amide bonds. The molecule has 0 spiro atoms. The van der Waals surface area contributed by atoms with Gasteiger partial charge in [0.25, 0.3) is 0 Å². The van der Waals surface area contributed by atoms with Crippen LogP contribution in [-0.4, -0.2) is 76.6 Å². The zero-order valence-corrected chi connectivity index (χ0v) is 18.4. The first-order valence-electron chi connectivity index (χ1n) is 9.74. The molecule has 0 aliphatic rings. The van der Waals surface area contributed by atoms with Gasteiger partial charge in [-0.15, -0.1) is 0 Å². The molecule has 0 saturated heterocycles. The van der Waals surface area contributed by atoms with Crippen molar-refractivity contribution in [3.8, 4) is 0 Å². The Morgan fingerprint density at radius 3 is 2.22 bits per heavy atom. The zero-order valence-electron chi connectivity index (χ0n) is 17.6. The summed E-state index contributed by atoms with van der Waals surface area (Å²) >= 11 is 1.51. The van der Waals surface area contributed by atoms with E-state index in [0.717, 1.165) is 0 Å². The van der Waals surface area contributed by atoms with Crippen molar-refractivity contribution < 1.29 is 34.2 Å². The van der Waals surface area contributed by atoms with Crippen LogP contribution < -0.4 is 21.7 Å². The third kappa shape index (κ3) is 10.3. The molecule has 0 aliphatic heterocycles. The lowest BCUT2D eigenvalue weighted by Gasteiger charge is -2.21. The third-order valence-electron chi connectivity index (χ3n) is 4.32. The van der Waals surface area contributed by atoms with E-state index in [1.165, 1.54) is 11.8 Å². The minimum atomic E-state index is -1.53. The topological polar surface area (TPSA) is 188 Å². The molecule has 3 atom stereocenters. The number of thioether (sulfide) groups is 1. The summed E-state index contributed by atoms with van der Waals surface area (Å²) in [6.07, 6.45) is 1.48. The number of hydrogen-bond acceptors (Lipinski definition) is 7. The van der Waals surface area contributed by atoms with Gasteiger partial charge in [-0.2, -0.15) is 11.8 Å². The molecule has 1 rings (SSSR count). The van der Waals surface area contributed by atoms with Crippen LogP contribution in [-0.2, 0) is 30.4 Å². The number of carboxylic acids is 2. The second-order valence-corrected chi connectivity index (χ2v) is 7.90. The van der Waals surface area contributed by atoms with Gasteiger partial charge >= 0.3 is 11.9 Å². The van der Waals surface area contributed by atoms with Gasteiger partial charge in [0.1, 0.15) is 12.1 Å². The Labute approximate surface area is 189 Å². The predicted octanol–water partition coefficient (Wildman–Crippen LogP) is -1.05. The van der Waals surface area contributed by atoms with Gasteiger partial charge < -0.3 is 31.9 Å². The fourth-order valence-corrected chi connectivity index (χ4v) is 3.12. The summed E-state index contributed by atoms with van der Waals surface area (Å²) < 4.78 is 0. The lowest BCUT2D eigenvalue weighted by Crippen LogP contribution is -2.54. The number of benzene rings is 1. The highest BCUT2D eigenvalue weighted by molar-refractivity contribution is 7.98. The Balaban J connectivity index is 2.71. The van der Waals surface area contributed by atoms with Gasteiger partial charge in [0.15, 0.2) is 0 Å². The van der Waals surface area contributed by atoms with Crippen molar-refractivity contribution in [3.63, 3.8) is 0 Å². The average molecular weight is 469 g/mol. The molecule has 0 aromatic heterocycles. The van der Waals surface area contributed by atoms with Gasteiger partial charge in [-0.05, 0) is 24.0 Å². The summed E-state index contributed by atoms with van der Waals surface area (Å²) in [4.78, 5) is 59.2. The van der Waals surface area contributed by atoms with Crippen molar-refractivity contribution in [3.05, 3.63) is 35.9 Å². The highest BCUT2D eigenvalue weighted by Crippen LogP contribution is 2.05. The normalized spacial score (nSPS) is 13.3. The van der Waals surface area contributed by atoms with Gasteiger partial charge in [0.2, 0.25) is 17.7 Å². The first-order valence-corrected chi connectivity index (χ1v) is 11.1. The molecule has 7 N–H and O–H groups in total. The Bertz CT molecular complexity index is 806.